The van der Waals surface area contributed by atoms with Gasteiger partial charge in [-0.3, -0.25) is 4.98 Å². The van der Waals surface area contributed by atoms with Crippen molar-refractivity contribution in [1.82, 2.24) is 4.98 Å². The molecular weight excluding hydrogens is 296 g/mol. The van der Waals surface area contributed by atoms with Gasteiger partial charge in [0.05, 0.1) is 14.6 Å². The van der Waals surface area contributed by atoms with Gasteiger partial charge >= 0.3 is 0 Å². The van der Waals surface area contributed by atoms with Crippen LogP contribution in [0.2, 0.25) is 0 Å². The van der Waals surface area contributed by atoms with E-state index in [1.807, 2.05) is 0 Å². The lowest BCUT2D eigenvalue weighted by atomic mass is 10.3. The number of aromatic nitrogens is 1. The second-order valence-corrected chi connectivity index (χ2v) is 4.47. The summed E-state index contributed by atoms with van der Waals surface area (Å²) < 4.78 is 2.00. The van der Waals surface area contributed by atoms with E-state index >= 15 is 0 Å². The monoisotopic (exact) mass is 306 g/mol. The molecule has 0 amide bonds. The molecule has 0 spiro atoms. The van der Waals surface area contributed by atoms with Crippen molar-refractivity contribution < 1.29 is 0 Å². The van der Waals surface area contributed by atoms with Crippen LogP contribution in [0.1, 0.15) is 19.8 Å². The first kappa shape index (κ1) is 11.0. The van der Waals surface area contributed by atoms with Crippen molar-refractivity contribution in [3.8, 4) is 0 Å². The largest absolute Gasteiger partial charge is 0.383 e. The highest BCUT2D eigenvalue weighted by Crippen LogP contribution is 2.29. The molecule has 1 aromatic rings. The Morgan fingerprint density at radius 2 is 1.92 bits per heavy atom. The number of pyridine rings is 1. The zero-order valence-corrected chi connectivity index (χ0v) is 10.7. The maximum Gasteiger partial charge on any atom is 0.0660 e. The number of hydrogen-bond donors (Lipinski definition) is 1. The van der Waals surface area contributed by atoms with Crippen molar-refractivity contribution >= 4 is 37.5 Å². The Bertz CT molecular complexity index is 256. The molecular formula is C9H12Br2N2. The average molecular weight is 308 g/mol. The molecule has 1 aromatic heterocycles. The second kappa shape index (κ2) is 5.60. The number of hydrogen-bond acceptors (Lipinski definition) is 2. The molecule has 0 fully saturated rings. The summed E-state index contributed by atoms with van der Waals surface area (Å²) in [5.74, 6) is 0. The van der Waals surface area contributed by atoms with Gasteiger partial charge in [-0.1, -0.05) is 13.3 Å². The quantitative estimate of drug-likeness (QED) is 0.855. The predicted molar refractivity (Wildman–Crippen MR) is 63.0 cm³/mol. The summed E-state index contributed by atoms with van der Waals surface area (Å²) in [5.41, 5.74) is 1.09. The summed E-state index contributed by atoms with van der Waals surface area (Å²) in [6, 6.07) is 0. The fraction of sp³-hybridized carbons (Fsp3) is 0.444. The van der Waals surface area contributed by atoms with Crippen molar-refractivity contribution in [2.45, 2.75) is 19.8 Å². The average Bonchev–Trinajstić information content (AvgIpc) is 2.10. The predicted octanol–water partition coefficient (Wildman–Crippen LogP) is 3.82. The van der Waals surface area contributed by atoms with E-state index in [1.54, 1.807) is 12.4 Å². The molecule has 2 nitrogen and oxygen atoms in total. The van der Waals surface area contributed by atoms with E-state index in [4.69, 9.17) is 0 Å². The number of unbranched alkanes of at least 4 members (excludes halogenated alkanes) is 1. The van der Waals surface area contributed by atoms with Crippen LogP contribution in [0.3, 0.4) is 0 Å². The van der Waals surface area contributed by atoms with Crippen LogP contribution >= 0.6 is 31.9 Å². The SMILES string of the molecule is CCCCNc1c(Br)cncc1Br. The van der Waals surface area contributed by atoms with Crippen LogP contribution in [-0.4, -0.2) is 11.5 Å². The van der Waals surface area contributed by atoms with Crippen molar-refractivity contribution in [2.75, 3.05) is 11.9 Å². The van der Waals surface area contributed by atoms with Crippen LogP contribution in [0.25, 0.3) is 0 Å². The number of nitrogens with zero attached hydrogens (tertiary/aromatic N) is 1. The van der Waals surface area contributed by atoms with E-state index in [9.17, 15) is 0 Å². The van der Waals surface area contributed by atoms with Crippen LogP contribution in [0.15, 0.2) is 21.3 Å². The molecule has 0 aliphatic heterocycles. The Morgan fingerprint density at radius 1 is 1.31 bits per heavy atom. The topological polar surface area (TPSA) is 24.9 Å². The highest BCUT2D eigenvalue weighted by atomic mass is 79.9. The van der Waals surface area contributed by atoms with Crippen molar-refractivity contribution in [1.29, 1.82) is 0 Å². The first-order valence-electron chi connectivity index (χ1n) is 4.28. The first-order chi connectivity index (χ1) is 6.25. The van der Waals surface area contributed by atoms with Crippen LogP contribution in [0.5, 0.6) is 0 Å². The van der Waals surface area contributed by atoms with Gasteiger partial charge in [0.15, 0.2) is 0 Å². The Hall–Kier alpha value is -0.0900. The smallest absolute Gasteiger partial charge is 0.0660 e. The summed E-state index contributed by atoms with van der Waals surface area (Å²) >= 11 is 6.89. The molecule has 0 saturated carbocycles. The summed E-state index contributed by atoms with van der Waals surface area (Å²) in [4.78, 5) is 4.04. The zero-order valence-electron chi connectivity index (χ0n) is 7.48. The normalized spacial score (nSPS) is 10.1. The molecule has 1 rings (SSSR count). The number of halogens is 2. The molecule has 1 heterocycles. The number of nitrogens with one attached hydrogen (secondary N) is 1. The molecule has 0 bridgehead atoms. The summed E-state index contributed by atoms with van der Waals surface area (Å²) in [7, 11) is 0. The molecule has 0 aliphatic carbocycles. The Labute approximate surface area is 95.4 Å². The zero-order chi connectivity index (χ0) is 9.68. The molecule has 0 aromatic carbocycles. The molecule has 0 aliphatic rings. The van der Waals surface area contributed by atoms with Gasteiger partial charge in [0.1, 0.15) is 0 Å². The van der Waals surface area contributed by atoms with E-state index in [-0.39, 0.29) is 0 Å². The molecule has 0 unspecified atom stereocenters. The second-order valence-electron chi connectivity index (χ2n) is 2.76. The minimum atomic E-state index is 0.998. The Morgan fingerprint density at radius 3 is 2.46 bits per heavy atom. The molecule has 13 heavy (non-hydrogen) atoms. The maximum absolute atomic E-state index is 4.04. The van der Waals surface area contributed by atoms with Crippen LogP contribution in [0, 0.1) is 0 Å². The molecule has 1 N–H and O–H groups in total. The van der Waals surface area contributed by atoms with E-state index < -0.39 is 0 Å². The molecule has 72 valence electrons. The highest BCUT2D eigenvalue weighted by molar-refractivity contribution is 9.11. The minimum absolute atomic E-state index is 0.998. The third kappa shape index (κ3) is 3.27. The van der Waals surface area contributed by atoms with E-state index in [2.05, 4.69) is 49.1 Å². The van der Waals surface area contributed by atoms with Gasteiger partial charge in [-0.2, -0.15) is 0 Å². The van der Waals surface area contributed by atoms with Gasteiger partial charge in [-0.25, -0.2) is 0 Å². The third-order valence-corrected chi connectivity index (χ3v) is 2.89. The molecule has 4 heteroatoms. The summed E-state index contributed by atoms with van der Waals surface area (Å²) in [5, 5.41) is 3.35. The first-order valence-corrected chi connectivity index (χ1v) is 5.87. The van der Waals surface area contributed by atoms with Gasteiger partial charge in [0, 0.05) is 18.9 Å². The minimum Gasteiger partial charge on any atom is -0.383 e. The summed E-state index contributed by atoms with van der Waals surface area (Å²) in [6.45, 7) is 3.18. The van der Waals surface area contributed by atoms with Crippen molar-refractivity contribution in [2.24, 2.45) is 0 Å². The van der Waals surface area contributed by atoms with Crippen molar-refractivity contribution in [3.63, 3.8) is 0 Å². The van der Waals surface area contributed by atoms with Gasteiger partial charge in [0.25, 0.3) is 0 Å². The van der Waals surface area contributed by atoms with Crippen LogP contribution in [-0.2, 0) is 0 Å². The number of anilines is 1. The molecule has 0 radical (unpaired) electrons. The van der Waals surface area contributed by atoms with Crippen molar-refractivity contribution in [3.05, 3.63) is 21.3 Å². The molecule has 0 atom stereocenters. The standard InChI is InChI=1S/C9H12Br2N2/c1-2-3-4-13-9-7(10)5-12-6-8(9)11/h5-6H,2-4H2,1H3,(H,12,13). The van der Waals surface area contributed by atoms with Gasteiger partial charge in [-0.05, 0) is 38.3 Å². The van der Waals surface area contributed by atoms with Gasteiger partial charge in [0.2, 0.25) is 0 Å². The fourth-order valence-corrected chi connectivity index (χ4v) is 2.18. The third-order valence-electron chi connectivity index (χ3n) is 1.69. The number of rotatable bonds is 4. The Kier molecular flexibility index (Phi) is 4.73. The lowest BCUT2D eigenvalue weighted by Crippen LogP contribution is -2.02. The Balaban J connectivity index is 2.64. The van der Waals surface area contributed by atoms with E-state index in [1.165, 1.54) is 12.8 Å². The van der Waals surface area contributed by atoms with Crippen LogP contribution < -0.4 is 5.32 Å². The molecule has 0 saturated heterocycles. The van der Waals surface area contributed by atoms with E-state index in [0.29, 0.717) is 0 Å². The van der Waals surface area contributed by atoms with E-state index in [0.717, 1.165) is 21.2 Å². The van der Waals surface area contributed by atoms with Gasteiger partial charge < -0.3 is 5.32 Å². The summed E-state index contributed by atoms with van der Waals surface area (Å²) in [6.07, 6.45) is 5.96. The fourth-order valence-electron chi connectivity index (χ4n) is 0.970. The maximum atomic E-state index is 4.04. The highest BCUT2D eigenvalue weighted by Gasteiger charge is 2.03. The van der Waals surface area contributed by atoms with Crippen LogP contribution in [0.4, 0.5) is 5.69 Å². The lowest BCUT2D eigenvalue weighted by molar-refractivity contribution is 0.833. The van der Waals surface area contributed by atoms with Gasteiger partial charge in [-0.15, -0.1) is 0 Å². The lowest BCUT2D eigenvalue weighted by Gasteiger charge is -2.08.